The lowest BCUT2D eigenvalue weighted by molar-refractivity contribution is 0.0454. The van der Waals surface area contributed by atoms with E-state index in [1.165, 1.54) is 12.8 Å². The number of rotatable bonds is 1. The summed E-state index contributed by atoms with van der Waals surface area (Å²) in [6.07, 6.45) is 2.66. The minimum atomic E-state index is 0.400. The quantitative estimate of drug-likeness (QED) is 0.583. The van der Waals surface area contributed by atoms with Crippen molar-refractivity contribution in [1.29, 1.82) is 0 Å². The maximum Gasteiger partial charge on any atom is 0.0161 e. The van der Waals surface area contributed by atoms with Crippen LogP contribution < -0.4 is 0 Å². The second-order valence-electron chi connectivity index (χ2n) is 5.59. The molecule has 1 aliphatic heterocycles. The lowest BCUT2D eigenvalue weighted by Gasteiger charge is -2.43. The molecule has 0 spiro atoms. The fraction of sp³-hybridized carbons (Fsp3) is 1.00. The van der Waals surface area contributed by atoms with Crippen LogP contribution in [0.5, 0.6) is 0 Å². The molecule has 1 fully saturated rings. The van der Waals surface area contributed by atoms with Gasteiger partial charge in [-0.3, -0.25) is 4.90 Å². The molecule has 72 valence electrons. The highest BCUT2D eigenvalue weighted by Crippen LogP contribution is 2.41. The van der Waals surface area contributed by atoms with Crippen molar-refractivity contribution in [3.8, 4) is 0 Å². The van der Waals surface area contributed by atoms with E-state index in [0.29, 0.717) is 17.1 Å². The summed E-state index contributed by atoms with van der Waals surface area (Å²) < 4.78 is 0. The van der Waals surface area contributed by atoms with E-state index >= 15 is 0 Å². The molecule has 0 aromatic carbocycles. The van der Waals surface area contributed by atoms with Crippen molar-refractivity contribution >= 4 is 0 Å². The van der Waals surface area contributed by atoms with Crippen molar-refractivity contribution < 1.29 is 0 Å². The van der Waals surface area contributed by atoms with Gasteiger partial charge in [0.2, 0.25) is 0 Å². The van der Waals surface area contributed by atoms with Crippen LogP contribution >= 0.6 is 0 Å². The molecule has 0 unspecified atom stereocenters. The summed E-state index contributed by atoms with van der Waals surface area (Å²) in [5.41, 5.74) is 0.801. The van der Waals surface area contributed by atoms with Crippen LogP contribution in [0, 0.1) is 0 Å². The van der Waals surface area contributed by atoms with Crippen LogP contribution in [0.3, 0.4) is 0 Å². The molecule has 1 saturated heterocycles. The van der Waals surface area contributed by atoms with Gasteiger partial charge in [-0.25, -0.2) is 0 Å². The summed E-state index contributed by atoms with van der Waals surface area (Å²) in [5.74, 6) is 0. The van der Waals surface area contributed by atoms with Crippen molar-refractivity contribution in [1.82, 2.24) is 4.90 Å². The SMILES string of the molecule is CC(C)N1C(C)(C)CCC1(C)C. The van der Waals surface area contributed by atoms with E-state index in [1.54, 1.807) is 0 Å². The Labute approximate surface area is 77.1 Å². The molecule has 0 aliphatic carbocycles. The third kappa shape index (κ3) is 1.52. The highest BCUT2D eigenvalue weighted by Gasteiger charge is 2.45. The van der Waals surface area contributed by atoms with Crippen molar-refractivity contribution in [2.45, 2.75) is 71.5 Å². The summed E-state index contributed by atoms with van der Waals surface area (Å²) >= 11 is 0. The Hall–Kier alpha value is -0.0400. The first-order chi connectivity index (χ1) is 5.27. The highest BCUT2D eigenvalue weighted by atomic mass is 15.3. The number of hydrogen-bond donors (Lipinski definition) is 0. The molecular formula is C11H23N. The molecule has 1 rings (SSSR count). The molecular weight excluding hydrogens is 146 g/mol. The molecule has 0 amide bonds. The van der Waals surface area contributed by atoms with Gasteiger partial charge in [-0.1, -0.05) is 0 Å². The van der Waals surface area contributed by atoms with Crippen LogP contribution in [0.25, 0.3) is 0 Å². The van der Waals surface area contributed by atoms with E-state index in [-0.39, 0.29) is 0 Å². The normalized spacial score (nSPS) is 28.2. The van der Waals surface area contributed by atoms with Crippen LogP contribution in [-0.2, 0) is 0 Å². The first-order valence-electron chi connectivity index (χ1n) is 5.07. The zero-order valence-electron chi connectivity index (χ0n) is 9.44. The second-order valence-corrected chi connectivity index (χ2v) is 5.59. The second kappa shape index (κ2) is 2.73. The van der Waals surface area contributed by atoms with E-state index in [0.717, 1.165) is 0 Å². The van der Waals surface area contributed by atoms with Gasteiger partial charge >= 0.3 is 0 Å². The molecule has 0 aromatic rings. The molecule has 1 aliphatic rings. The van der Waals surface area contributed by atoms with E-state index in [9.17, 15) is 0 Å². The zero-order chi connectivity index (χ0) is 9.57. The molecule has 0 saturated carbocycles. The van der Waals surface area contributed by atoms with E-state index in [2.05, 4.69) is 46.4 Å². The Balaban J connectivity index is 2.89. The topological polar surface area (TPSA) is 3.24 Å². The Bertz CT molecular complexity index is 152. The lowest BCUT2D eigenvalue weighted by atomic mass is 10.0. The molecule has 0 N–H and O–H groups in total. The van der Waals surface area contributed by atoms with E-state index in [1.807, 2.05) is 0 Å². The van der Waals surface area contributed by atoms with Crippen LogP contribution in [0.2, 0.25) is 0 Å². The fourth-order valence-electron chi connectivity index (χ4n) is 3.07. The molecule has 1 nitrogen and oxygen atoms in total. The zero-order valence-corrected chi connectivity index (χ0v) is 9.44. The largest absolute Gasteiger partial charge is 0.291 e. The maximum atomic E-state index is 2.65. The van der Waals surface area contributed by atoms with Crippen LogP contribution in [0.4, 0.5) is 0 Å². The van der Waals surface area contributed by atoms with Gasteiger partial charge in [-0.15, -0.1) is 0 Å². The van der Waals surface area contributed by atoms with Crippen molar-refractivity contribution in [3.63, 3.8) is 0 Å². The van der Waals surface area contributed by atoms with Crippen molar-refractivity contribution in [3.05, 3.63) is 0 Å². The first kappa shape index (κ1) is 10.0. The summed E-state index contributed by atoms with van der Waals surface area (Å²) in [5, 5.41) is 0. The molecule has 12 heavy (non-hydrogen) atoms. The third-order valence-corrected chi connectivity index (χ3v) is 3.17. The minimum Gasteiger partial charge on any atom is -0.291 e. The Kier molecular flexibility index (Phi) is 2.28. The standard InChI is InChI=1S/C11H23N/c1-9(2)12-10(3,4)7-8-11(12,5)6/h9H,7-8H2,1-6H3. The Morgan fingerprint density at radius 1 is 0.917 bits per heavy atom. The number of hydrogen-bond acceptors (Lipinski definition) is 1. The van der Waals surface area contributed by atoms with E-state index in [4.69, 9.17) is 0 Å². The maximum absolute atomic E-state index is 2.65. The highest BCUT2D eigenvalue weighted by molar-refractivity contribution is 5.01. The predicted molar refractivity (Wildman–Crippen MR) is 54.4 cm³/mol. The van der Waals surface area contributed by atoms with Gasteiger partial charge in [0.15, 0.2) is 0 Å². The summed E-state index contributed by atoms with van der Waals surface area (Å²) in [6, 6.07) is 0.664. The summed E-state index contributed by atoms with van der Waals surface area (Å²) in [7, 11) is 0. The van der Waals surface area contributed by atoms with Gasteiger partial charge in [-0.05, 0) is 54.4 Å². The van der Waals surface area contributed by atoms with Crippen LogP contribution in [0.1, 0.15) is 54.4 Å². The van der Waals surface area contributed by atoms with Gasteiger partial charge in [0.1, 0.15) is 0 Å². The van der Waals surface area contributed by atoms with Gasteiger partial charge < -0.3 is 0 Å². The minimum absolute atomic E-state index is 0.400. The van der Waals surface area contributed by atoms with Gasteiger partial charge in [-0.2, -0.15) is 0 Å². The molecule has 0 bridgehead atoms. The molecule has 0 aromatic heterocycles. The monoisotopic (exact) mass is 169 g/mol. The van der Waals surface area contributed by atoms with Crippen LogP contribution in [0.15, 0.2) is 0 Å². The fourth-order valence-corrected chi connectivity index (χ4v) is 3.07. The average molecular weight is 169 g/mol. The number of likely N-dealkylation sites (tertiary alicyclic amines) is 1. The first-order valence-corrected chi connectivity index (χ1v) is 5.07. The Morgan fingerprint density at radius 2 is 1.25 bits per heavy atom. The average Bonchev–Trinajstić information content (AvgIpc) is 2.01. The molecule has 1 heteroatoms. The van der Waals surface area contributed by atoms with Gasteiger partial charge in [0, 0.05) is 17.1 Å². The molecule has 1 heterocycles. The summed E-state index contributed by atoms with van der Waals surface area (Å²) in [6.45, 7) is 14.1. The third-order valence-electron chi connectivity index (χ3n) is 3.17. The molecule has 0 atom stereocenters. The molecule has 0 radical (unpaired) electrons. The van der Waals surface area contributed by atoms with Crippen molar-refractivity contribution in [2.75, 3.05) is 0 Å². The predicted octanol–water partition coefficient (Wildman–Crippen LogP) is 3.05. The van der Waals surface area contributed by atoms with Crippen LogP contribution in [-0.4, -0.2) is 22.0 Å². The van der Waals surface area contributed by atoms with E-state index < -0.39 is 0 Å². The Morgan fingerprint density at radius 3 is 1.42 bits per heavy atom. The number of nitrogens with zero attached hydrogens (tertiary/aromatic N) is 1. The van der Waals surface area contributed by atoms with Gasteiger partial charge in [0.05, 0.1) is 0 Å². The lowest BCUT2D eigenvalue weighted by Crippen LogP contribution is -2.51. The smallest absolute Gasteiger partial charge is 0.0161 e. The van der Waals surface area contributed by atoms with Gasteiger partial charge in [0.25, 0.3) is 0 Å². The van der Waals surface area contributed by atoms with Crippen molar-refractivity contribution in [2.24, 2.45) is 0 Å². The summed E-state index contributed by atoms with van der Waals surface area (Å²) in [4.78, 5) is 2.65.